The number of ether oxygens (including phenoxy) is 1. The molecule has 4 nitrogen and oxygen atoms in total. The molecule has 3 aromatic rings. The first-order valence-corrected chi connectivity index (χ1v) is 11.8. The summed E-state index contributed by atoms with van der Waals surface area (Å²) in [7, 11) is 0. The zero-order valence-electron chi connectivity index (χ0n) is 19.5. The van der Waals surface area contributed by atoms with Crippen LogP contribution in [0.2, 0.25) is 5.02 Å². The molecular weight excluding hydrogens is 418 g/mol. The summed E-state index contributed by atoms with van der Waals surface area (Å²) >= 11 is 5.96. The Bertz CT molecular complexity index is 1050. The van der Waals surface area contributed by atoms with Crippen LogP contribution in [-0.2, 0) is 13.0 Å². The molecule has 2 aromatic heterocycles. The highest BCUT2D eigenvalue weighted by atomic mass is 35.5. The minimum atomic E-state index is 0.409. The van der Waals surface area contributed by atoms with Crippen molar-refractivity contribution >= 4 is 17.3 Å². The van der Waals surface area contributed by atoms with Gasteiger partial charge in [0.15, 0.2) is 0 Å². The number of benzene rings is 1. The summed E-state index contributed by atoms with van der Waals surface area (Å²) in [6, 6.07) is 11.7. The monoisotopic (exact) mass is 449 g/mol. The predicted octanol–water partition coefficient (Wildman–Crippen LogP) is 6.87. The molecule has 0 atom stereocenters. The van der Waals surface area contributed by atoms with Crippen LogP contribution in [0.1, 0.15) is 50.4 Å². The number of anilines is 1. The molecule has 0 radical (unpaired) electrons. The van der Waals surface area contributed by atoms with Crippen molar-refractivity contribution in [2.75, 3.05) is 18.0 Å². The highest BCUT2D eigenvalue weighted by Crippen LogP contribution is 2.39. The van der Waals surface area contributed by atoms with Crippen LogP contribution in [0.25, 0.3) is 11.3 Å². The van der Waals surface area contributed by atoms with Crippen molar-refractivity contribution in [2.45, 2.75) is 53.6 Å². The lowest BCUT2D eigenvalue weighted by atomic mass is 9.82. The first-order valence-electron chi connectivity index (χ1n) is 11.4. The van der Waals surface area contributed by atoms with E-state index in [2.05, 4.69) is 32.6 Å². The largest absolute Gasteiger partial charge is 0.487 e. The van der Waals surface area contributed by atoms with Crippen LogP contribution in [-0.4, -0.2) is 23.1 Å². The molecule has 5 heteroatoms. The number of aryl methyl sites for hydroxylation is 1. The Kier molecular flexibility index (Phi) is 6.71. The number of halogens is 1. The van der Waals surface area contributed by atoms with E-state index in [1.54, 1.807) is 6.20 Å². The molecule has 3 heterocycles. The van der Waals surface area contributed by atoms with Crippen molar-refractivity contribution in [1.29, 1.82) is 0 Å². The molecule has 1 saturated heterocycles. The van der Waals surface area contributed by atoms with Gasteiger partial charge in [-0.1, -0.05) is 44.5 Å². The maximum Gasteiger partial charge on any atom is 0.138 e. The zero-order valence-corrected chi connectivity index (χ0v) is 20.2. The van der Waals surface area contributed by atoms with Gasteiger partial charge in [-0.15, -0.1) is 0 Å². The molecule has 1 aliphatic heterocycles. The number of pyridine rings is 2. The van der Waals surface area contributed by atoms with Gasteiger partial charge in [-0.05, 0) is 67.0 Å². The number of rotatable bonds is 6. The third-order valence-corrected chi connectivity index (χ3v) is 6.73. The minimum absolute atomic E-state index is 0.409. The molecule has 1 fully saturated rings. The summed E-state index contributed by atoms with van der Waals surface area (Å²) < 4.78 is 5.92. The highest BCUT2D eigenvalue weighted by Gasteiger charge is 2.28. The van der Waals surface area contributed by atoms with Gasteiger partial charge in [0.25, 0.3) is 0 Å². The van der Waals surface area contributed by atoms with E-state index in [0.717, 1.165) is 52.8 Å². The molecule has 32 heavy (non-hydrogen) atoms. The minimum Gasteiger partial charge on any atom is -0.487 e. The summed E-state index contributed by atoms with van der Waals surface area (Å²) in [4.78, 5) is 12.0. The molecule has 168 valence electrons. The van der Waals surface area contributed by atoms with Crippen molar-refractivity contribution in [3.8, 4) is 17.0 Å². The molecular formula is C27H32ClN3O. The van der Waals surface area contributed by atoms with Crippen LogP contribution in [0.15, 0.2) is 48.8 Å². The van der Waals surface area contributed by atoms with E-state index in [9.17, 15) is 0 Å². The van der Waals surface area contributed by atoms with Gasteiger partial charge in [-0.2, -0.15) is 0 Å². The fraction of sp³-hybridized carbons (Fsp3) is 0.407. The van der Waals surface area contributed by atoms with E-state index < -0.39 is 0 Å². The number of hydrogen-bond donors (Lipinski definition) is 0. The normalized spacial score (nSPS) is 15.6. The Morgan fingerprint density at radius 2 is 1.72 bits per heavy atom. The molecule has 0 aliphatic carbocycles. The molecule has 0 amide bonds. The van der Waals surface area contributed by atoms with Crippen molar-refractivity contribution in [3.05, 3.63) is 70.6 Å². The number of hydrogen-bond acceptors (Lipinski definition) is 4. The maximum atomic E-state index is 5.96. The Balaban J connectivity index is 1.58. The van der Waals surface area contributed by atoms with Crippen LogP contribution in [0.5, 0.6) is 5.75 Å². The summed E-state index contributed by atoms with van der Waals surface area (Å²) in [5, 5.41) is 0.728. The number of piperidine rings is 1. The summed E-state index contributed by atoms with van der Waals surface area (Å²) in [6.45, 7) is 11.7. The van der Waals surface area contributed by atoms with Gasteiger partial charge in [0.05, 0.1) is 17.6 Å². The highest BCUT2D eigenvalue weighted by molar-refractivity contribution is 6.30. The van der Waals surface area contributed by atoms with E-state index in [4.69, 9.17) is 26.3 Å². The lowest BCUT2D eigenvalue weighted by Crippen LogP contribution is -2.38. The fourth-order valence-corrected chi connectivity index (χ4v) is 4.44. The predicted molar refractivity (Wildman–Crippen MR) is 133 cm³/mol. The molecule has 4 rings (SSSR count). The van der Waals surface area contributed by atoms with Gasteiger partial charge in [0, 0.05) is 35.6 Å². The Labute approximate surface area is 196 Å². The van der Waals surface area contributed by atoms with Crippen LogP contribution >= 0.6 is 11.6 Å². The molecule has 0 spiro atoms. The molecule has 0 unspecified atom stereocenters. The SMILES string of the molecule is CCc1c(C)ncc(-c2ccc(OCc3ccc(Cl)cc3)cn2)c1N1CCC(C)(C)CC1. The van der Waals surface area contributed by atoms with Gasteiger partial charge in [0.1, 0.15) is 12.4 Å². The van der Waals surface area contributed by atoms with E-state index in [1.807, 2.05) is 42.6 Å². The van der Waals surface area contributed by atoms with E-state index in [1.165, 1.54) is 24.1 Å². The van der Waals surface area contributed by atoms with Crippen molar-refractivity contribution in [1.82, 2.24) is 9.97 Å². The maximum absolute atomic E-state index is 5.96. The lowest BCUT2D eigenvalue weighted by molar-refractivity contribution is 0.279. The fourth-order valence-electron chi connectivity index (χ4n) is 4.31. The van der Waals surface area contributed by atoms with Crippen molar-refractivity contribution < 1.29 is 4.74 Å². The summed E-state index contributed by atoms with van der Waals surface area (Å²) in [5.74, 6) is 0.751. The topological polar surface area (TPSA) is 38.3 Å². The first kappa shape index (κ1) is 22.6. The molecule has 1 aromatic carbocycles. The Hall–Kier alpha value is -2.59. The van der Waals surface area contributed by atoms with Crippen molar-refractivity contribution in [3.63, 3.8) is 0 Å². The second kappa shape index (κ2) is 9.50. The second-order valence-electron chi connectivity index (χ2n) is 9.38. The number of aromatic nitrogens is 2. The van der Waals surface area contributed by atoms with Crippen molar-refractivity contribution in [2.24, 2.45) is 5.41 Å². The van der Waals surface area contributed by atoms with E-state index in [-0.39, 0.29) is 0 Å². The number of nitrogens with zero attached hydrogens (tertiary/aromatic N) is 3. The van der Waals surface area contributed by atoms with Gasteiger partial charge < -0.3 is 9.64 Å². The Morgan fingerprint density at radius 1 is 1.00 bits per heavy atom. The average Bonchev–Trinajstić information content (AvgIpc) is 2.79. The summed E-state index contributed by atoms with van der Waals surface area (Å²) in [5.41, 5.74) is 7.27. The lowest BCUT2D eigenvalue weighted by Gasteiger charge is -2.40. The van der Waals surface area contributed by atoms with Crippen LogP contribution in [0.3, 0.4) is 0 Å². The standard InChI is InChI=1S/C27H32ClN3O/c1-5-23-19(2)29-17-24(26(23)31-14-12-27(3,4)13-15-31)25-11-10-22(16-30-25)32-18-20-6-8-21(28)9-7-20/h6-11,16-17H,5,12-15,18H2,1-4H3. The van der Waals surface area contributed by atoms with Crippen LogP contribution in [0, 0.1) is 12.3 Å². The Morgan fingerprint density at radius 3 is 2.34 bits per heavy atom. The molecule has 1 aliphatic rings. The molecule has 0 N–H and O–H groups in total. The third kappa shape index (κ3) is 5.07. The molecule has 0 bridgehead atoms. The van der Waals surface area contributed by atoms with Gasteiger partial charge in [-0.3, -0.25) is 9.97 Å². The van der Waals surface area contributed by atoms with Crippen LogP contribution < -0.4 is 9.64 Å². The zero-order chi connectivity index (χ0) is 22.7. The van der Waals surface area contributed by atoms with Crippen LogP contribution in [0.4, 0.5) is 5.69 Å². The third-order valence-electron chi connectivity index (χ3n) is 6.48. The van der Waals surface area contributed by atoms with Gasteiger partial charge >= 0.3 is 0 Å². The van der Waals surface area contributed by atoms with E-state index >= 15 is 0 Å². The summed E-state index contributed by atoms with van der Waals surface area (Å²) in [6.07, 6.45) is 7.15. The smallest absolute Gasteiger partial charge is 0.138 e. The van der Waals surface area contributed by atoms with E-state index in [0.29, 0.717) is 12.0 Å². The first-order chi connectivity index (χ1) is 15.4. The second-order valence-corrected chi connectivity index (χ2v) is 9.82. The average molecular weight is 450 g/mol. The quantitative estimate of drug-likeness (QED) is 0.411. The van der Waals surface area contributed by atoms with Gasteiger partial charge in [-0.25, -0.2) is 0 Å². The molecule has 0 saturated carbocycles. The van der Waals surface area contributed by atoms with Gasteiger partial charge in [0.2, 0.25) is 0 Å².